The summed E-state index contributed by atoms with van der Waals surface area (Å²) in [6.07, 6.45) is 1.74. The summed E-state index contributed by atoms with van der Waals surface area (Å²) in [7, 11) is 0. The number of hydrogen-bond acceptors (Lipinski definition) is 5. The molecule has 0 bridgehead atoms. The minimum Gasteiger partial charge on any atom is -0.315 e. The maximum atomic E-state index is 4.70. The summed E-state index contributed by atoms with van der Waals surface area (Å²) in [5.74, 6) is 0.697. The molecule has 5 aromatic rings. The highest BCUT2D eigenvalue weighted by Crippen LogP contribution is 2.29. The average molecular weight is 354 g/mol. The third kappa shape index (κ3) is 2.78. The molecule has 4 nitrogen and oxygen atoms in total. The number of nitrogens with one attached hydrogen (secondary N) is 1. The van der Waals surface area contributed by atoms with Crippen LogP contribution in [-0.4, -0.2) is 15.0 Å². The minimum atomic E-state index is 0.697. The topological polar surface area (TPSA) is 50.7 Å². The molecule has 26 heavy (non-hydrogen) atoms. The van der Waals surface area contributed by atoms with Gasteiger partial charge in [0.15, 0.2) is 10.9 Å². The summed E-state index contributed by atoms with van der Waals surface area (Å²) in [6.45, 7) is 0. The first-order valence-corrected chi connectivity index (χ1v) is 9.17. The Labute approximate surface area is 154 Å². The van der Waals surface area contributed by atoms with Crippen molar-refractivity contribution in [3.63, 3.8) is 0 Å². The van der Waals surface area contributed by atoms with Gasteiger partial charge in [0, 0.05) is 10.9 Å². The number of nitrogens with zero attached hydrogens (tertiary/aromatic N) is 3. The summed E-state index contributed by atoms with van der Waals surface area (Å²) in [5, 5.41) is 8.57. The number of rotatable bonds is 3. The Hall–Kier alpha value is -3.31. The molecule has 124 valence electrons. The van der Waals surface area contributed by atoms with E-state index < -0.39 is 0 Å². The monoisotopic (exact) mass is 354 g/mol. The zero-order valence-electron chi connectivity index (χ0n) is 13.8. The molecule has 5 heteroatoms. The molecule has 0 aliphatic rings. The van der Waals surface area contributed by atoms with Gasteiger partial charge in [-0.15, -0.1) is 11.3 Å². The summed E-state index contributed by atoms with van der Waals surface area (Å²) in [5.41, 5.74) is 3.81. The van der Waals surface area contributed by atoms with Crippen LogP contribution in [-0.2, 0) is 0 Å². The van der Waals surface area contributed by atoms with Crippen LogP contribution in [0.15, 0.2) is 78.3 Å². The molecule has 0 unspecified atom stereocenters. The van der Waals surface area contributed by atoms with Crippen molar-refractivity contribution in [3.8, 4) is 11.3 Å². The Morgan fingerprint density at radius 2 is 1.58 bits per heavy atom. The molecular weight excluding hydrogens is 340 g/mol. The molecule has 1 N–H and O–H groups in total. The van der Waals surface area contributed by atoms with E-state index in [9.17, 15) is 0 Å². The second-order valence-electron chi connectivity index (χ2n) is 5.97. The van der Waals surface area contributed by atoms with Crippen LogP contribution in [0.25, 0.3) is 33.1 Å². The fourth-order valence-corrected chi connectivity index (χ4v) is 3.67. The van der Waals surface area contributed by atoms with E-state index in [0.717, 1.165) is 27.4 Å². The highest BCUT2D eigenvalue weighted by molar-refractivity contribution is 7.14. The molecule has 0 saturated carbocycles. The van der Waals surface area contributed by atoms with Crippen LogP contribution >= 0.6 is 11.3 Å². The van der Waals surface area contributed by atoms with Gasteiger partial charge >= 0.3 is 0 Å². The summed E-state index contributed by atoms with van der Waals surface area (Å²) in [6, 6.07) is 22.6. The first-order valence-electron chi connectivity index (χ1n) is 8.29. The average Bonchev–Trinajstić information content (AvgIpc) is 3.16. The number of benzene rings is 3. The van der Waals surface area contributed by atoms with Gasteiger partial charge in [-0.2, -0.15) is 0 Å². The summed E-state index contributed by atoms with van der Waals surface area (Å²) >= 11 is 1.56. The van der Waals surface area contributed by atoms with Gasteiger partial charge in [0.2, 0.25) is 0 Å². The van der Waals surface area contributed by atoms with E-state index in [0.29, 0.717) is 5.82 Å². The lowest BCUT2D eigenvalue weighted by Gasteiger charge is -2.03. The van der Waals surface area contributed by atoms with E-state index in [-0.39, 0.29) is 0 Å². The van der Waals surface area contributed by atoms with Crippen molar-refractivity contribution in [1.29, 1.82) is 0 Å². The first kappa shape index (κ1) is 15.0. The second-order valence-corrected chi connectivity index (χ2v) is 6.83. The van der Waals surface area contributed by atoms with Crippen LogP contribution in [0.3, 0.4) is 0 Å². The molecule has 0 aliphatic carbocycles. The molecule has 0 radical (unpaired) electrons. The lowest BCUT2D eigenvalue weighted by atomic mass is 10.1. The molecule has 0 aliphatic heterocycles. The van der Waals surface area contributed by atoms with Crippen LogP contribution in [0.4, 0.5) is 10.9 Å². The van der Waals surface area contributed by atoms with Gasteiger partial charge in [-0.3, -0.25) is 4.98 Å². The van der Waals surface area contributed by atoms with E-state index in [2.05, 4.69) is 63.1 Å². The number of thiazole rings is 1. The standard InChI is InChI=1S/C21H14N4S/c1-2-6-15-11-16(10-9-14(15)5-1)19-13-26-21(24-19)25-20-12-22-17-7-3-4-8-18(17)23-20/h1-13H,(H,23,24,25). The van der Waals surface area contributed by atoms with Gasteiger partial charge in [0.05, 0.1) is 22.9 Å². The van der Waals surface area contributed by atoms with E-state index in [1.165, 1.54) is 10.8 Å². The third-order valence-corrected chi connectivity index (χ3v) is 4.99. The first-order chi connectivity index (χ1) is 12.8. The second kappa shape index (κ2) is 6.20. The molecule has 3 aromatic carbocycles. The number of anilines is 2. The van der Waals surface area contributed by atoms with Crippen LogP contribution in [0.5, 0.6) is 0 Å². The minimum absolute atomic E-state index is 0.697. The van der Waals surface area contributed by atoms with Crippen LogP contribution in [0.1, 0.15) is 0 Å². The molecule has 2 heterocycles. The quantitative estimate of drug-likeness (QED) is 0.455. The van der Waals surface area contributed by atoms with Crippen molar-refractivity contribution in [2.75, 3.05) is 5.32 Å². The van der Waals surface area contributed by atoms with Gasteiger partial charge in [-0.1, -0.05) is 48.5 Å². The van der Waals surface area contributed by atoms with Gasteiger partial charge < -0.3 is 5.32 Å². The highest BCUT2D eigenvalue weighted by atomic mass is 32.1. The third-order valence-electron chi connectivity index (χ3n) is 4.23. The predicted octanol–water partition coefficient (Wildman–Crippen LogP) is 5.65. The van der Waals surface area contributed by atoms with E-state index in [4.69, 9.17) is 4.98 Å². The Morgan fingerprint density at radius 3 is 2.50 bits per heavy atom. The normalized spacial score (nSPS) is 11.1. The van der Waals surface area contributed by atoms with E-state index in [1.54, 1.807) is 17.5 Å². The van der Waals surface area contributed by atoms with E-state index in [1.807, 2.05) is 24.3 Å². The predicted molar refractivity (Wildman–Crippen MR) is 108 cm³/mol. The zero-order valence-corrected chi connectivity index (χ0v) is 14.6. The molecule has 5 rings (SSSR count). The largest absolute Gasteiger partial charge is 0.315 e. The Morgan fingerprint density at radius 1 is 0.769 bits per heavy atom. The lowest BCUT2D eigenvalue weighted by Crippen LogP contribution is -1.95. The Bertz CT molecular complexity index is 1230. The van der Waals surface area contributed by atoms with Crippen molar-refractivity contribution < 1.29 is 0 Å². The van der Waals surface area contributed by atoms with Crippen molar-refractivity contribution in [1.82, 2.24) is 15.0 Å². The molecule has 0 amide bonds. The zero-order chi connectivity index (χ0) is 17.3. The Kier molecular flexibility index (Phi) is 3.57. The van der Waals surface area contributed by atoms with Gasteiger partial charge in [0.1, 0.15) is 0 Å². The fraction of sp³-hybridized carbons (Fsp3) is 0. The molecule has 0 fully saturated rings. The van der Waals surface area contributed by atoms with Crippen LogP contribution < -0.4 is 5.32 Å². The molecule has 0 atom stereocenters. The van der Waals surface area contributed by atoms with Crippen LogP contribution in [0.2, 0.25) is 0 Å². The molecule has 0 spiro atoms. The lowest BCUT2D eigenvalue weighted by molar-refractivity contribution is 1.27. The summed E-state index contributed by atoms with van der Waals surface area (Å²) in [4.78, 5) is 13.7. The summed E-state index contributed by atoms with van der Waals surface area (Å²) < 4.78 is 0. The molecule has 2 aromatic heterocycles. The molecule has 0 saturated heterocycles. The number of fused-ring (bicyclic) bond motifs is 2. The van der Waals surface area contributed by atoms with Gasteiger partial charge in [0.25, 0.3) is 0 Å². The van der Waals surface area contributed by atoms with Gasteiger partial charge in [-0.25, -0.2) is 9.97 Å². The maximum absolute atomic E-state index is 4.70. The number of aromatic nitrogens is 3. The van der Waals surface area contributed by atoms with E-state index >= 15 is 0 Å². The maximum Gasteiger partial charge on any atom is 0.188 e. The van der Waals surface area contributed by atoms with Crippen molar-refractivity contribution in [2.24, 2.45) is 0 Å². The number of hydrogen-bond donors (Lipinski definition) is 1. The SMILES string of the molecule is c1ccc2cc(-c3csc(Nc4cnc5ccccc5n4)n3)ccc2c1. The van der Waals surface area contributed by atoms with Crippen LogP contribution in [0, 0.1) is 0 Å². The number of para-hydroxylation sites is 2. The fourth-order valence-electron chi connectivity index (χ4n) is 2.94. The molecular formula is C21H14N4S. The van der Waals surface area contributed by atoms with Crippen molar-refractivity contribution in [2.45, 2.75) is 0 Å². The highest BCUT2D eigenvalue weighted by Gasteiger charge is 2.07. The van der Waals surface area contributed by atoms with Crippen molar-refractivity contribution >= 4 is 44.1 Å². The smallest absolute Gasteiger partial charge is 0.188 e. The van der Waals surface area contributed by atoms with Gasteiger partial charge in [-0.05, 0) is 29.0 Å². The Balaban J connectivity index is 1.44. The van der Waals surface area contributed by atoms with Crippen molar-refractivity contribution in [3.05, 3.63) is 78.3 Å².